The molecule has 4 heterocycles. The second kappa shape index (κ2) is 7.47. The molecule has 32 heavy (non-hydrogen) atoms. The molecule has 6 nitrogen and oxygen atoms in total. The number of rotatable bonds is 3. The topological polar surface area (TPSA) is 66.3 Å². The molecule has 0 saturated carbocycles. The number of carbonyl (C=O) groups is 1. The number of imidazole rings is 1. The number of nitrogens with one attached hydrogen (secondary N) is 1. The molecule has 1 saturated heterocycles. The van der Waals surface area contributed by atoms with E-state index in [2.05, 4.69) is 15.2 Å². The molecule has 1 aromatic carbocycles. The minimum atomic E-state index is -4.64. The fourth-order valence-electron chi connectivity index (χ4n) is 4.09. The van der Waals surface area contributed by atoms with Crippen LogP contribution in [-0.2, 0) is 6.18 Å². The van der Waals surface area contributed by atoms with Gasteiger partial charge in [0.25, 0.3) is 5.91 Å². The van der Waals surface area contributed by atoms with E-state index in [1.807, 2.05) is 0 Å². The van der Waals surface area contributed by atoms with Crippen LogP contribution in [0.5, 0.6) is 0 Å². The van der Waals surface area contributed by atoms with E-state index in [4.69, 9.17) is 0 Å². The number of nitrogens with zero attached hydrogens (tertiary/aromatic N) is 4. The van der Waals surface area contributed by atoms with Gasteiger partial charge in [-0.25, -0.2) is 9.37 Å². The van der Waals surface area contributed by atoms with Crippen LogP contribution < -0.4 is 0 Å². The second-order valence-corrected chi connectivity index (χ2v) is 7.77. The third-order valence-electron chi connectivity index (χ3n) is 5.72. The van der Waals surface area contributed by atoms with Crippen molar-refractivity contribution in [2.24, 2.45) is 0 Å². The summed E-state index contributed by atoms with van der Waals surface area (Å²) in [5.41, 5.74) is 0.386. The zero-order chi connectivity index (χ0) is 22.5. The van der Waals surface area contributed by atoms with Crippen molar-refractivity contribution in [1.29, 1.82) is 0 Å². The Bertz CT molecular complexity index is 1280. The maximum absolute atomic E-state index is 13.7. The quantitative estimate of drug-likeness (QED) is 0.474. The van der Waals surface area contributed by atoms with Gasteiger partial charge in [0, 0.05) is 48.7 Å². The van der Waals surface area contributed by atoms with Crippen molar-refractivity contribution in [3.8, 4) is 11.1 Å². The van der Waals surface area contributed by atoms with E-state index in [1.165, 1.54) is 41.3 Å². The summed E-state index contributed by atoms with van der Waals surface area (Å²) in [5, 5.41) is 6.36. The Morgan fingerprint density at radius 1 is 1.12 bits per heavy atom. The van der Waals surface area contributed by atoms with E-state index in [0.717, 1.165) is 11.6 Å². The average Bonchev–Trinajstić information content (AvgIpc) is 3.52. The van der Waals surface area contributed by atoms with Crippen molar-refractivity contribution < 1.29 is 22.4 Å². The van der Waals surface area contributed by atoms with Crippen LogP contribution in [-0.4, -0.2) is 43.5 Å². The third kappa shape index (κ3) is 3.61. The molecule has 10 heteroatoms. The smallest absolute Gasteiger partial charge is 0.337 e. The van der Waals surface area contributed by atoms with E-state index < -0.39 is 17.6 Å². The molecule has 0 aliphatic carbocycles. The van der Waals surface area contributed by atoms with Crippen LogP contribution in [0.25, 0.3) is 16.8 Å². The van der Waals surface area contributed by atoms with Crippen LogP contribution in [0.15, 0.2) is 55.1 Å². The van der Waals surface area contributed by atoms with Crippen molar-refractivity contribution in [1.82, 2.24) is 24.5 Å². The molecule has 4 aromatic rings. The Hall–Kier alpha value is -3.69. The number of H-pyrrole nitrogens is 1. The van der Waals surface area contributed by atoms with Gasteiger partial charge >= 0.3 is 6.18 Å². The number of halogens is 4. The lowest BCUT2D eigenvalue weighted by molar-refractivity contribution is -0.136. The number of aromatic nitrogens is 4. The minimum Gasteiger partial charge on any atom is -0.337 e. The second-order valence-electron chi connectivity index (χ2n) is 7.77. The molecule has 1 N–H and O–H groups in total. The highest BCUT2D eigenvalue weighted by atomic mass is 19.4. The summed E-state index contributed by atoms with van der Waals surface area (Å²) in [6.07, 6.45) is 1.76. The Morgan fingerprint density at radius 3 is 2.59 bits per heavy atom. The maximum Gasteiger partial charge on any atom is 0.420 e. The predicted octanol–water partition coefficient (Wildman–Crippen LogP) is 4.51. The van der Waals surface area contributed by atoms with Crippen molar-refractivity contribution in [3.05, 3.63) is 77.8 Å². The lowest BCUT2D eigenvalue weighted by Crippen LogP contribution is -2.28. The first-order valence-electron chi connectivity index (χ1n) is 9.93. The molecular formula is C22H17F4N5O. The van der Waals surface area contributed by atoms with Gasteiger partial charge in [0.05, 0.1) is 11.8 Å². The number of amides is 1. The summed E-state index contributed by atoms with van der Waals surface area (Å²) < 4.78 is 55.6. The van der Waals surface area contributed by atoms with Crippen LogP contribution in [0.4, 0.5) is 17.6 Å². The monoisotopic (exact) mass is 443 g/mol. The molecule has 1 fully saturated rings. The summed E-state index contributed by atoms with van der Waals surface area (Å²) in [6.45, 7) is 0.839. The summed E-state index contributed by atoms with van der Waals surface area (Å²) in [4.78, 5) is 18.6. The van der Waals surface area contributed by atoms with Crippen LogP contribution in [0, 0.1) is 5.82 Å². The van der Waals surface area contributed by atoms with Crippen molar-refractivity contribution >= 4 is 11.6 Å². The molecule has 0 spiro atoms. The van der Waals surface area contributed by atoms with Gasteiger partial charge in [-0.3, -0.25) is 9.89 Å². The van der Waals surface area contributed by atoms with Gasteiger partial charge in [0.2, 0.25) is 0 Å². The van der Waals surface area contributed by atoms with Gasteiger partial charge in [-0.2, -0.15) is 18.3 Å². The molecule has 1 aliphatic heterocycles. The van der Waals surface area contributed by atoms with Crippen molar-refractivity contribution in [3.63, 3.8) is 0 Å². The Kier molecular flexibility index (Phi) is 4.72. The largest absolute Gasteiger partial charge is 0.420 e. The summed E-state index contributed by atoms with van der Waals surface area (Å²) in [5.74, 6) is -0.731. The van der Waals surface area contributed by atoms with E-state index in [9.17, 15) is 22.4 Å². The highest BCUT2D eigenvalue weighted by Gasteiger charge is 2.36. The Morgan fingerprint density at radius 2 is 1.91 bits per heavy atom. The number of fused-ring (bicyclic) bond motifs is 1. The van der Waals surface area contributed by atoms with E-state index >= 15 is 0 Å². The molecule has 1 amide bonds. The number of hydrogen-bond acceptors (Lipinski definition) is 3. The first kappa shape index (κ1) is 20.2. The van der Waals surface area contributed by atoms with Crippen LogP contribution in [0.1, 0.15) is 34.0 Å². The van der Waals surface area contributed by atoms with Gasteiger partial charge in [-0.05, 0) is 30.2 Å². The van der Waals surface area contributed by atoms with Crippen LogP contribution >= 0.6 is 0 Å². The lowest BCUT2D eigenvalue weighted by atomic mass is 9.99. The maximum atomic E-state index is 13.7. The first-order valence-corrected chi connectivity index (χ1v) is 9.93. The van der Waals surface area contributed by atoms with Gasteiger partial charge in [-0.1, -0.05) is 12.1 Å². The fourth-order valence-corrected chi connectivity index (χ4v) is 4.09. The normalized spacial score (nSPS) is 16.8. The highest BCUT2D eigenvalue weighted by molar-refractivity contribution is 5.93. The number of benzene rings is 1. The predicted molar refractivity (Wildman–Crippen MR) is 107 cm³/mol. The molecule has 3 aromatic heterocycles. The Labute approximate surface area is 179 Å². The third-order valence-corrected chi connectivity index (χ3v) is 5.72. The lowest BCUT2D eigenvalue weighted by Gasteiger charge is -2.15. The molecule has 1 aliphatic rings. The minimum absolute atomic E-state index is 0.0370. The number of alkyl halides is 3. The van der Waals surface area contributed by atoms with Gasteiger partial charge < -0.3 is 9.30 Å². The molecular weight excluding hydrogens is 426 g/mol. The van der Waals surface area contributed by atoms with Gasteiger partial charge in [-0.15, -0.1) is 0 Å². The van der Waals surface area contributed by atoms with E-state index in [0.29, 0.717) is 30.6 Å². The zero-order valence-corrected chi connectivity index (χ0v) is 16.6. The number of aromatic amines is 1. The summed E-state index contributed by atoms with van der Waals surface area (Å²) in [7, 11) is 0. The van der Waals surface area contributed by atoms with Crippen molar-refractivity contribution in [2.75, 3.05) is 13.1 Å². The molecule has 0 bridgehead atoms. The molecule has 164 valence electrons. The van der Waals surface area contributed by atoms with Crippen molar-refractivity contribution in [2.45, 2.75) is 18.5 Å². The fraction of sp³-hybridized carbons (Fsp3) is 0.227. The van der Waals surface area contributed by atoms with Crippen LogP contribution in [0.2, 0.25) is 0 Å². The molecule has 5 rings (SSSR count). The SMILES string of the molecule is O=C(c1cn2cc(-c3cn[nH]c3)cc(C(F)(F)F)c2n1)N1CCC(c2ccc(F)cc2)C1. The average molecular weight is 443 g/mol. The number of likely N-dealkylation sites (tertiary alicyclic amines) is 1. The highest BCUT2D eigenvalue weighted by Crippen LogP contribution is 2.35. The first-order chi connectivity index (χ1) is 15.3. The zero-order valence-electron chi connectivity index (χ0n) is 16.6. The number of pyridine rings is 1. The molecule has 0 radical (unpaired) electrons. The van der Waals surface area contributed by atoms with E-state index in [1.54, 1.807) is 17.0 Å². The standard InChI is InChI=1S/C22H17F4N5O/c23-17-3-1-13(2-4-17)14-5-6-30(10-14)21(32)19-12-31-11-15(16-8-27-28-9-16)7-18(20(31)29-19)22(24,25)26/h1-4,7-9,11-12,14H,5-6,10H2,(H,27,28). The van der Waals surface area contributed by atoms with E-state index in [-0.39, 0.29) is 23.1 Å². The number of carbonyl (C=O) groups excluding carboxylic acids is 1. The Balaban J connectivity index is 1.47. The van der Waals surface area contributed by atoms with Crippen LogP contribution in [0.3, 0.4) is 0 Å². The van der Waals surface area contributed by atoms with Gasteiger partial charge in [0.1, 0.15) is 17.2 Å². The number of hydrogen-bond donors (Lipinski definition) is 1. The molecule has 1 atom stereocenters. The van der Waals surface area contributed by atoms with Gasteiger partial charge in [0.15, 0.2) is 0 Å². The summed E-state index contributed by atoms with van der Waals surface area (Å²) in [6, 6.07) is 7.12. The summed E-state index contributed by atoms with van der Waals surface area (Å²) >= 11 is 0. The molecule has 1 unspecified atom stereocenters.